The number of pyridine rings is 1. The second kappa shape index (κ2) is 6.02. The number of hydrogen-bond acceptors (Lipinski definition) is 4. The van der Waals surface area contributed by atoms with Gasteiger partial charge in [-0.15, -0.1) is 0 Å². The van der Waals surface area contributed by atoms with Crippen molar-refractivity contribution in [2.45, 2.75) is 38.7 Å². The Morgan fingerprint density at radius 3 is 2.47 bits per heavy atom. The fourth-order valence-corrected chi connectivity index (χ4v) is 2.23. The predicted molar refractivity (Wildman–Crippen MR) is 72.2 cm³/mol. The molecule has 0 saturated heterocycles. The Kier molecular flexibility index (Phi) is 4.89. The molecule has 1 rings (SSSR count). The maximum absolute atomic E-state index is 11.0. The van der Waals surface area contributed by atoms with Crippen LogP contribution in [0.2, 0.25) is 0 Å². The maximum atomic E-state index is 11.0. The molecule has 0 aliphatic carbocycles. The van der Waals surface area contributed by atoms with E-state index in [1.54, 1.807) is 26.0 Å². The third-order valence-corrected chi connectivity index (χ3v) is 3.20. The minimum Gasteiger partial charge on any atom is -0.443 e. The van der Waals surface area contributed by atoms with Crippen molar-refractivity contribution >= 4 is 22.9 Å². The molecule has 0 radical (unpaired) electrons. The minimum absolute atomic E-state index is 0.125. The fraction of sp³-hybridized carbons (Fsp3) is 0.462. The van der Waals surface area contributed by atoms with Gasteiger partial charge in [0.1, 0.15) is 5.60 Å². The molecule has 5 nitrogen and oxygen atoms in total. The number of carbonyl (C=O) groups is 2. The molecule has 19 heavy (non-hydrogen) atoms. The lowest BCUT2D eigenvalue weighted by Gasteiger charge is -2.32. The largest absolute Gasteiger partial charge is 0.443 e. The number of hydrogen-bond donors (Lipinski definition) is 1. The SMILES string of the molecule is CCC(c1ccc(C(=O)Cl)cn1)C(C)(C)OC(N)=O. The maximum Gasteiger partial charge on any atom is 0.405 e. The number of nitrogens with two attached hydrogens (primary N) is 1. The van der Waals surface area contributed by atoms with E-state index >= 15 is 0 Å². The summed E-state index contributed by atoms with van der Waals surface area (Å²) < 4.78 is 5.13. The van der Waals surface area contributed by atoms with Gasteiger partial charge < -0.3 is 10.5 Å². The molecule has 1 atom stereocenters. The zero-order chi connectivity index (χ0) is 14.6. The molecule has 1 aromatic heterocycles. The van der Waals surface area contributed by atoms with E-state index in [0.717, 1.165) is 5.69 Å². The molecule has 1 unspecified atom stereocenters. The van der Waals surface area contributed by atoms with Crippen molar-refractivity contribution in [1.82, 2.24) is 4.98 Å². The van der Waals surface area contributed by atoms with E-state index < -0.39 is 16.9 Å². The summed E-state index contributed by atoms with van der Waals surface area (Å²) in [6.07, 6.45) is 1.30. The predicted octanol–water partition coefficient (Wildman–Crippen LogP) is 2.83. The Morgan fingerprint density at radius 1 is 1.47 bits per heavy atom. The molecular formula is C13H17ClN2O3. The van der Waals surface area contributed by atoms with E-state index in [0.29, 0.717) is 12.0 Å². The standard InChI is InChI=1S/C13H17ClN2O3/c1-4-9(13(2,3)19-12(15)18)10-6-5-8(7-16-10)11(14)17/h5-7,9H,4H2,1-3H3,(H2,15,18). The highest BCUT2D eigenvalue weighted by Crippen LogP contribution is 2.33. The van der Waals surface area contributed by atoms with Gasteiger partial charge >= 0.3 is 6.09 Å². The van der Waals surface area contributed by atoms with Crippen LogP contribution in [0.1, 0.15) is 49.2 Å². The summed E-state index contributed by atoms with van der Waals surface area (Å²) in [5.41, 5.74) is 5.34. The first-order valence-electron chi connectivity index (χ1n) is 5.92. The van der Waals surface area contributed by atoms with Gasteiger partial charge in [-0.3, -0.25) is 9.78 Å². The Balaban J connectivity index is 3.02. The van der Waals surface area contributed by atoms with Crippen molar-refractivity contribution in [3.63, 3.8) is 0 Å². The summed E-state index contributed by atoms with van der Waals surface area (Å²) in [7, 11) is 0. The van der Waals surface area contributed by atoms with Crippen molar-refractivity contribution in [3.8, 4) is 0 Å². The van der Waals surface area contributed by atoms with Crippen molar-refractivity contribution < 1.29 is 14.3 Å². The van der Waals surface area contributed by atoms with Crippen LogP contribution in [-0.4, -0.2) is 21.9 Å². The summed E-state index contributed by atoms with van der Waals surface area (Å²) >= 11 is 5.36. The van der Waals surface area contributed by atoms with Gasteiger partial charge in [0.05, 0.1) is 5.56 Å². The molecule has 0 aromatic carbocycles. The molecule has 1 heterocycles. The second-order valence-electron chi connectivity index (χ2n) is 4.73. The highest BCUT2D eigenvalue weighted by Gasteiger charge is 2.33. The first-order valence-corrected chi connectivity index (χ1v) is 6.30. The van der Waals surface area contributed by atoms with Crippen molar-refractivity contribution in [1.29, 1.82) is 0 Å². The van der Waals surface area contributed by atoms with Crippen LogP contribution in [0.15, 0.2) is 18.3 Å². The molecule has 1 aromatic rings. The molecule has 0 aliphatic heterocycles. The highest BCUT2D eigenvalue weighted by atomic mass is 35.5. The lowest BCUT2D eigenvalue weighted by Crippen LogP contribution is -2.37. The van der Waals surface area contributed by atoms with E-state index in [9.17, 15) is 9.59 Å². The summed E-state index contributed by atoms with van der Waals surface area (Å²) in [4.78, 5) is 26.1. The molecule has 2 N–H and O–H groups in total. The van der Waals surface area contributed by atoms with Crippen molar-refractivity contribution in [2.75, 3.05) is 0 Å². The van der Waals surface area contributed by atoms with E-state index in [1.165, 1.54) is 6.20 Å². The van der Waals surface area contributed by atoms with Gasteiger partial charge in [-0.2, -0.15) is 0 Å². The molecule has 0 spiro atoms. The van der Waals surface area contributed by atoms with Gasteiger partial charge in [0, 0.05) is 17.8 Å². The van der Waals surface area contributed by atoms with Crippen LogP contribution >= 0.6 is 11.6 Å². The quantitative estimate of drug-likeness (QED) is 0.843. The van der Waals surface area contributed by atoms with E-state index in [4.69, 9.17) is 22.1 Å². The molecule has 0 fully saturated rings. The molecule has 1 amide bonds. The Morgan fingerprint density at radius 2 is 2.11 bits per heavy atom. The van der Waals surface area contributed by atoms with Gasteiger partial charge in [0.25, 0.3) is 5.24 Å². The van der Waals surface area contributed by atoms with Gasteiger partial charge in [-0.05, 0) is 44.0 Å². The van der Waals surface area contributed by atoms with Crippen LogP contribution in [0.25, 0.3) is 0 Å². The van der Waals surface area contributed by atoms with E-state index in [2.05, 4.69) is 4.98 Å². The minimum atomic E-state index is -0.823. The third kappa shape index (κ3) is 3.92. The van der Waals surface area contributed by atoms with Gasteiger partial charge in [0.15, 0.2) is 0 Å². The number of primary amides is 1. The lowest BCUT2D eigenvalue weighted by molar-refractivity contribution is 0.0216. The van der Waals surface area contributed by atoms with E-state index in [-0.39, 0.29) is 5.92 Å². The Hall–Kier alpha value is -1.62. The number of rotatable bonds is 5. The van der Waals surface area contributed by atoms with Crippen molar-refractivity contribution in [3.05, 3.63) is 29.6 Å². The van der Waals surface area contributed by atoms with Crippen molar-refractivity contribution in [2.24, 2.45) is 5.73 Å². The first kappa shape index (κ1) is 15.4. The van der Waals surface area contributed by atoms with Gasteiger partial charge in [-0.1, -0.05) is 6.92 Å². The Labute approximate surface area is 117 Å². The third-order valence-electron chi connectivity index (χ3n) is 2.98. The smallest absolute Gasteiger partial charge is 0.405 e. The van der Waals surface area contributed by atoms with E-state index in [1.807, 2.05) is 6.92 Å². The molecule has 0 saturated carbocycles. The summed E-state index contributed by atoms with van der Waals surface area (Å²) in [5, 5.41) is -0.556. The average molecular weight is 285 g/mol. The van der Waals surface area contributed by atoms with Gasteiger partial charge in [-0.25, -0.2) is 4.79 Å². The summed E-state index contributed by atoms with van der Waals surface area (Å²) in [6.45, 7) is 5.50. The fourth-order valence-electron chi connectivity index (χ4n) is 2.11. The van der Waals surface area contributed by atoms with Gasteiger partial charge in [0.2, 0.25) is 0 Å². The average Bonchev–Trinajstić information content (AvgIpc) is 2.28. The molecule has 104 valence electrons. The van der Waals surface area contributed by atoms with Crippen LogP contribution in [0.4, 0.5) is 4.79 Å². The number of aromatic nitrogens is 1. The number of ether oxygens (including phenoxy) is 1. The number of carbonyl (C=O) groups excluding carboxylic acids is 2. The molecular weight excluding hydrogens is 268 g/mol. The second-order valence-corrected chi connectivity index (χ2v) is 5.07. The molecule has 6 heteroatoms. The monoisotopic (exact) mass is 284 g/mol. The Bertz CT molecular complexity index is 471. The number of amides is 1. The molecule has 0 aliphatic rings. The van der Waals surface area contributed by atoms with Crippen LogP contribution in [0.3, 0.4) is 0 Å². The molecule has 0 bridgehead atoms. The first-order chi connectivity index (χ1) is 8.77. The zero-order valence-corrected chi connectivity index (χ0v) is 11.9. The van der Waals surface area contributed by atoms with Crippen LogP contribution in [0.5, 0.6) is 0 Å². The lowest BCUT2D eigenvalue weighted by atomic mass is 9.85. The summed E-state index contributed by atoms with van der Waals surface area (Å²) in [5.74, 6) is -0.125. The normalized spacial score (nSPS) is 12.8. The zero-order valence-electron chi connectivity index (χ0n) is 11.1. The number of nitrogens with zero attached hydrogens (tertiary/aromatic N) is 1. The number of halogens is 1. The topological polar surface area (TPSA) is 82.3 Å². The van der Waals surface area contributed by atoms with Crippen LogP contribution in [-0.2, 0) is 4.74 Å². The highest BCUT2D eigenvalue weighted by molar-refractivity contribution is 6.67. The van der Waals surface area contributed by atoms with Crippen LogP contribution < -0.4 is 5.73 Å². The van der Waals surface area contributed by atoms with Crippen LogP contribution in [0, 0.1) is 0 Å². The summed E-state index contributed by atoms with van der Waals surface area (Å²) in [6, 6.07) is 3.30.